The summed E-state index contributed by atoms with van der Waals surface area (Å²) < 4.78 is 0. The van der Waals surface area contributed by atoms with Crippen LogP contribution in [0.15, 0.2) is 0 Å². The molecule has 0 aromatic carbocycles. The molecule has 0 saturated carbocycles. The van der Waals surface area contributed by atoms with Crippen LogP contribution < -0.4 is 10.6 Å². The topological polar surface area (TPSA) is 111 Å². The van der Waals surface area contributed by atoms with Gasteiger partial charge in [0.25, 0.3) is 10.3 Å². The van der Waals surface area contributed by atoms with Crippen LogP contribution >= 0.6 is 11.8 Å². The first kappa shape index (κ1) is 12.6. The highest BCUT2D eigenvalue weighted by Crippen LogP contribution is 2.12. The van der Waals surface area contributed by atoms with E-state index in [0.717, 1.165) is 11.8 Å². The maximum atomic E-state index is 11.5. The van der Waals surface area contributed by atoms with Gasteiger partial charge in [-0.05, 0) is 6.92 Å². The van der Waals surface area contributed by atoms with Gasteiger partial charge in [0.1, 0.15) is 12.6 Å². The summed E-state index contributed by atoms with van der Waals surface area (Å²) >= 11 is 1.03. The maximum Gasteiger partial charge on any atom is 0.294 e. The average Bonchev–Trinajstić information content (AvgIpc) is 2.62. The summed E-state index contributed by atoms with van der Waals surface area (Å²) in [6, 6.07) is -1.06. The van der Waals surface area contributed by atoms with Crippen molar-refractivity contribution in [2.75, 3.05) is 12.4 Å². The summed E-state index contributed by atoms with van der Waals surface area (Å²) in [5.41, 5.74) is 0. The van der Waals surface area contributed by atoms with E-state index >= 15 is 0 Å². The molecule has 90 valence electrons. The second-order valence-electron chi connectivity index (χ2n) is 3.22. The molecule has 8 nitrogen and oxygen atoms in total. The maximum absolute atomic E-state index is 11.5. The zero-order valence-corrected chi connectivity index (χ0v) is 9.28. The van der Waals surface area contributed by atoms with E-state index < -0.39 is 17.2 Å². The number of amides is 2. The monoisotopic (exact) mass is 249 g/mol. The summed E-state index contributed by atoms with van der Waals surface area (Å²) in [7, 11) is 0. The number of carbonyl (C=O) groups excluding carboxylic acids is 2. The van der Waals surface area contributed by atoms with Crippen LogP contribution in [0.5, 0.6) is 0 Å². The third-order valence-electron chi connectivity index (χ3n) is 1.81. The highest BCUT2D eigenvalue weighted by Gasteiger charge is 2.28. The van der Waals surface area contributed by atoms with Gasteiger partial charge in [-0.3, -0.25) is 9.59 Å². The Morgan fingerprint density at radius 3 is 3.06 bits per heavy atom. The Kier molecular flexibility index (Phi) is 4.35. The SMILES string of the molecule is C[C@@H](CO[N+](=O)[O-])NC(=O)[C@H]1CSC(=O)N1. The van der Waals surface area contributed by atoms with Gasteiger partial charge in [-0.15, -0.1) is 10.1 Å². The first-order valence-corrected chi connectivity index (χ1v) is 5.48. The van der Waals surface area contributed by atoms with Crippen molar-refractivity contribution in [3.8, 4) is 0 Å². The Hall–Kier alpha value is -1.51. The minimum absolute atomic E-state index is 0.216. The number of hydrogen-bond acceptors (Lipinski definition) is 6. The molecule has 1 rings (SSSR count). The van der Waals surface area contributed by atoms with E-state index in [1.54, 1.807) is 6.92 Å². The molecule has 2 atom stereocenters. The normalized spacial score (nSPS) is 21.1. The van der Waals surface area contributed by atoms with Crippen LogP contribution in [0.3, 0.4) is 0 Å². The van der Waals surface area contributed by atoms with Gasteiger partial charge in [0.05, 0.1) is 0 Å². The van der Waals surface area contributed by atoms with Crippen molar-refractivity contribution in [3.05, 3.63) is 10.1 Å². The Morgan fingerprint density at radius 2 is 2.56 bits per heavy atom. The Morgan fingerprint density at radius 1 is 1.88 bits per heavy atom. The average molecular weight is 249 g/mol. The molecular formula is C7H11N3O5S. The number of rotatable bonds is 5. The molecule has 0 aromatic rings. The molecular weight excluding hydrogens is 238 g/mol. The van der Waals surface area contributed by atoms with Gasteiger partial charge in [-0.25, -0.2) is 0 Å². The summed E-state index contributed by atoms with van der Waals surface area (Å²) in [5.74, 6) is 0.00538. The van der Waals surface area contributed by atoms with Gasteiger partial charge >= 0.3 is 0 Å². The Labute approximate surface area is 95.2 Å². The fourth-order valence-electron chi connectivity index (χ4n) is 1.08. The van der Waals surface area contributed by atoms with E-state index in [1.807, 2.05) is 0 Å². The van der Waals surface area contributed by atoms with Crippen molar-refractivity contribution in [3.63, 3.8) is 0 Å². The van der Waals surface area contributed by atoms with Gasteiger partial charge in [-0.1, -0.05) is 11.8 Å². The van der Waals surface area contributed by atoms with Crippen LogP contribution in [-0.4, -0.2) is 40.7 Å². The fourth-order valence-corrected chi connectivity index (χ4v) is 1.86. The zero-order valence-electron chi connectivity index (χ0n) is 8.47. The summed E-state index contributed by atoms with van der Waals surface area (Å²) in [6.07, 6.45) is 0. The minimum Gasteiger partial charge on any atom is -0.350 e. The lowest BCUT2D eigenvalue weighted by Crippen LogP contribution is -2.47. The predicted molar refractivity (Wildman–Crippen MR) is 55.3 cm³/mol. The molecule has 2 N–H and O–H groups in total. The molecule has 1 saturated heterocycles. The number of thioether (sulfide) groups is 1. The van der Waals surface area contributed by atoms with Crippen LogP contribution in [-0.2, 0) is 9.63 Å². The van der Waals surface area contributed by atoms with E-state index in [4.69, 9.17) is 0 Å². The van der Waals surface area contributed by atoms with Crippen molar-refractivity contribution in [1.29, 1.82) is 0 Å². The van der Waals surface area contributed by atoms with Crippen LogP contribution in [0.4, 0.5) is 4.79 Å². The number of carbonyl (C=O) groups is 2. The molecule has 9 heteroatoms. The lowest BCUT2D eigenvalue weighted by Gasteiger charge is -2.15. The highest BCUT2D eigenvalue weighted by atomic mass is 32.2. The Bertz CT molecular complexity index is 310. The first-order valence-electron chi connectivity index (χ1n) is 4.50. The standard InChI is InChI=1S/C7H11N3O5S/c1-4(2-15-10(13)14)8-6(11)5-3-16-7(12)9-5/h4-5H,2-3H2,1H3,(H,8,11)(H,9,12)/t4-,5+/m0/s1. The minimum atomic E-state index is -0.921. The molecule has 1 aliphatic rings. The van der Waals surface area contributed by atoms with Crippen LogP contribution in [0.1, 0.15) is 6.92 Å². The molecule has 16 heavy (non-hydrogen) atoms. The van der Waals surface area contributed by atoms with Crippen molar-refractivity contribution in [1.82, 2.24) is 10.6 Å². The molecule has 2 amide bonds. The van der Waals surface area contributed by atoms with Crippen molar-refractivity contribution >= 4 is 22.9 Å². The Balaban J connectivity index is 2.28. The lowest BCUT2D eigenvalue weighted by atomic mass is 10.3. The highest BCUT2D eigenvalue weighted by molar-refractivity contribution is 8.14. The van der Waals surface area contributed by atoms with Crippen LogP contribution in [0.2, 0.25) is 0 Å². The second-order valence-corrected chi connectivity index (χ2v) is 4.22. The van der Waals surface area contributed by atoms with Gasteiger partial charge in [0.2, 0.25) is 5.91 Å². The van der Waals surface area contributed by atoms with Crippen molar-refractivity contribution in [2.45, 2.75) is 19.0 Å². The predicted octanol–water partition coefficient (Wildman–Crippen LogP) is -0.476. The van der Waals surface area contributed by atoms with E-state index in [0.29, 0.717) is 5.75 Å². The molecule has 1 aliphatic heterocycles. The van der Waals surface area contributed by atoms with Crippen LogP contribution in [0.25, 0.3) is 0 Å². The molecule has 1 heterocycles. The molecule has 0 radical (unpaired) electrons. The summed E-state index contributed by atoms with van der Waals surface area (Å²) in [4.78, 5) is 36.3. The van der Waals surface area contributed by atoms with E-state index in [2.05, 4.69) is 15.5 Å². The smallest absolute Gasteiger partial charge is 0.294 e. The van der Waals surface area contributed by atoms with Crippen molar-refractivity contribution in [2.24, 2.45) is 0 Å². The van der Waals surface area contributed by atoms with Gasteiger partial charge in [0.15, 0.2) is 0 Å². The van der Waals surface area contributed by atoms with E-state index in [-0.39, 0.29) is 17.8 Å². The first-order chi connectivity index (χ1) is 7.49. The molecule has 0 bridgehead atoms. The summed E-state index contributed by atoms with van der Waals surface area (Å²) in [5, 5.41) is 13.7. The lowest BCUT2D eigenvalue weighted by molar-refractivity contribution is -0.758. The van der Waals surface area contributed by atoms with Crippen molar-refractivity contribution < 1.29 is 19.5 Å². The zero-order chi connectivity index (χ0) is 12.1. The molecule has 0 aromatic heterocycles. The number of hydrogen-bond donors (Lipinski definition) is 2. The summed E-state index contributed by atoms with van der Waals surface area (Å²) in [6.45, 7) is 1.36. The molecule has 0 unspecified atom stereocenters. The third kappa shape index (κ3) is 3.93. The number of nitrogens with zero attached hydrogens (tertiary/aromatic N) is 1. The van der Waals surface area contributed by atoms with Crippen LogP contribution in [0, 0.1) is 10.1 Å². The van der Waals surface area contributed by atoms with Gasteiger partial charge in [-0.2, -0.15) is 0 Å². The molecule has 0 spiro atoms. The fraction of sp³-hybridized carbons (Fsp3) is 0.714. The van der Waals surface area contributed by atoms with Gasteiger partial charge < -0.3 is 15.5 Å². The molecule has 1 fully saturated rings. The molecule has 0 aliphatic carbocycles. The number of nitrogens with one attached hydrogen (secondary N) is 2. The second kappa shape index (κ2) is 5.54. The third-order valence-corrected chi connectivity index (χ3v) is 2.69. The van der Waals surface area contributed by atoms with E-state index in [9.17, 15) is 19.7 Å². The van der Waals surface area contributed by atoms with Gasteiger partial charge in [0, 0.05) is 11.8 Å². The largest absolute Gasteiger partial charge is 0.350 e. The quantitative estimate of drug-likeness (QED) is 0.503. The van der Waals surface area contributed by atoms with E-state index in [1.165, 1.54) is 0 Å².